The van der Waals surface area contributed by atoms with E-state index in [0.717, 1.165) is 32.5 Å². The lowest BCUT2D eigenvalue weighted by Gasteiger charge is -2.31. The molecule has 1 heterocycles. The summed E-state index contributed by atoms with van der Waals surface area (Å²) in [6.07, 6.45) is 1.89. The van der Waals surface area contributed by atoms with Crippen molar-refractivity contribution in [2.45, 2.75) is 32.7 Å². The van der Waals surface area contributed by atoms with Crippen LogP contribution < -0.4 is 0 Å². The van der Waals surface area contributed by atoms with Gasteiger partial charge in [-0.3, -0.25) is 14.5 Å². The van der Waals surface area contributed by atoms with Gasteiger partial charge < -0.3 is 0 Å². The number of hydrogen-bond acceptors (Lipinski definition) is 3. The number of benzene rings is 1. The number of rotatable bonds is 5. The summed E-state index contributed by atoms with van der Waals surface area (Å²) in [5.41, 5.74) is 1.32. The zero-order valence-corrected chi connectivity index (χ0v) is 11.5. The summed E-state index contributed by atoms with van der Waals surface area (Å²) in [5, 5.41) is 0. The second kappa shape index (κ2) is 6.62. The average molecular weight is 259 g/mol. The third kappa shape index (κ3) is 4.28. The lowest BCUT2D eigenvalue weighted by molar-refractivity contribution is -0.129. The van der Waals surface area contributed by atoms with Crippen LogP contribution in [0, 0.1) is 5.92 Å². The Morgan fingerprint density at radius 3 is 2.37 bits per heavy atom. The van der Waals surface area contributed by atoms with E-state index < -0.39 is 0 Å². The summed E-state index contributed by atoms with van der Waals surface area (Å²) < 4.78 is 0. The first-order chi connectivity index (χ1) is 9.15. The van der Waals surface area contributed by atoms with Gasteiger partial charge in [0.2, 0.25) is 0 Å². The molecule has 1 saturated heterocycles. The van der Waals surface area contributed by atoms with Gasteiger partial charge in [0.05, 0.1) is 6.42 Å². The maximum Gasteiger partial charge on any atom is 0.143 e. The topological polar surface area (TPSA) is 37.4 Å². The summed E-state index contributed by atoms with van der Waals surface area (Å²) in [7, 11) is 0. The number of carbonyl (C=O) groups excluding carboxylic acids is 2. The second-order valence-corrected chi connectivity index (χ2v) is 5.38. The third-order valence-electron chi connectivity index (χ3n) is 3.72. The molecule has 1 aliphatic heterocycles. The molecule has 0 saturated carbocycles. The molecule has 0 bridgehead atoms. The van der Waals surface area contributed by atoms with Crippen LogP contribution in [0.3, 0.4) is 0 Å². The molecule has 1 aromatic rings. The quantitative estimate of drug-likeness (QED) is 0.762. The van der Waals surface area contributed by atoms with Gasteiger partial charge in [-0.15, -0.1) is 0 Å². The maximum absolute atomic E-state index is 11.8. The van der Waals surface area contributed by atoms with Crippen LogP contribution in [0.25, 0.3) is 0 Å². The van der Waals surface area contributed by atoms with Gasteiger partial charge in [-0.25, -0.2) is 0 Å². The lowest BCUT2D eigenvalue weighted by atomic mass is 9.90. The molecule has 0 atom stereocenters. The van der Waals surface area contributed by atoms with Gasteiger partial charge in [-0.05, 0) is 38.4 Å². The minimum absolute atomic E-state index is 0.0169. The molecular formula is C16H21NO2. The molecule has 3 heteroatoms. The van der Waals surface area contributed by atoms with Gasteiger partial charge in [0.1, 0.15) is 11.6 Å². The van der Waals surface area contributed by atoms with E-state index in [9.17, 15) is 9.59 Å². The molecule has 3 nitrogen and oxygen atoms in total. The third-order valence-corrected chi connectivity index (χ3v) is 3.72. The lowest BCUT2D eigenvalue weighted by Crippen LogP contribution is -2.36. The van der Waals surface area contributed by atoms with Crippen LogP contribution in [0.4, 0.5) is 0 Å². The minimum atomic E-state index is -0.0169. The molecule has 1 aliphatic rings. The van der Waals surface area contributed by atoms with Crippen molar-refractivity contribution in [2.75, 3.05) is 13.1 Å². The molecule has 0 N–H and O–H groups in total. The zero-order valence-electron chi connectivity index (χ0n) is 11.5. The standard InChI is InChI=1S/C16H21NO2/c1-13(18)11-16(19)15-7-9-17(10-8-15)12-14-5-3-2-4-6-14/h2-6,15H,7-12H2,1H3. The molecule has 0 aliphatic carbocycles. The Morgan fingerprint density at radius 1 is 1.16 bits per heavy atom. The van der Waals surface area contributed by atoms with Crippen molar-refractivity contribution < 1.29 is 9.59 Å². The molecule has 0 unspecified atom stereocenters. The van der Waals surface area contributed by atoms with Crippen molar-refractivity contribution >= 4 is 11.6 Å². The van der Waals surface area contributed by atoms with E-state index in [1.807, 2.05) is 6.07 Å². The number of Topliss-reactive ketones (excluding diaryl/α,β-unsaturated/α-hetero) is 2. The Kier molecular flexibility index (Phi) is 4.86. The summed E-state index contributed by atoms with van der Waals surface area (Å²) >= 11 is 0. The van der Waals surface area contributed by atoms with Crippen molar-refractivity contribution in [2.24, 2.45) is 5.92 Å². The molecule has 1 fully saturated rings. The van der Waals surface area contributed by atoms with E-state index in [1.165, 1.54) is 12.5 Å². The predicted octanol–water partition coefficient (Wildman–Crippen LogP) is 2.45. The molecule has 1 aromatic carbocycles. The maximum atomic E-state index is 11.8. The molecule has 0 aromatic heterocycles. The van der Waals surface area contributed by atoms with Crippen LogP contribution in [-0.2, 0) is 16.1 Å². The summed E-state index contributed by atoms with van der Waals surface area (Å²) in [6.45, 7) is 4.34. The molecule has 0 amide bonds. The highest BCUT2D eigenvalue weighted by Gasteiger charge is 2.25. The van der Waals surface area contributed by atoms with E-state index in [4.69, 9.17) is 0 Å². The van der Waals surface area contributed by atoms with Crippen LogP contribution >= 0.6 is 0 Å². The van der Waals surface area contributed by atoms with E-state index in [2.05, 4.69) is 29.2 Å². The summed E-state index contributed by atoms with van der Waals surface area (Å²) in [4.78, 5) is 25.2. The van der Waals surface area contributed by atoms with Gasteiger partial charge in [0.25, 0.3) is 0 Å². The molecule has 102 valence electrons. The second-order valence-electron chi connectivity index (χ2n) is 5.38. The summed E-state index contributed by atoms with van der Waals surface area (Å²) in [5.74, 6) is 0.208. The highest BCUT2D eigenvalue weighted by Crippen LogP contribution is 2.21. The van der Waals surface area contributed by atoms with Crippen LogP contribution in [0.2, 0.25) is 0 Å². The van der Waals surface area contributed by atoms with Crippen LogP contribution in [0.15, 0.2) is 30.3 Å². The molecule has 0 spiro atoms. The number of hydrogen-bond donors (Lipinski definition) is 0. The SMILES string of the molecule is CC(=O)CC(=O)C1CCN(Cc2ccccc2)CC1. The highest BCUT2D eigenvalue weighted by atomic mass is 16.1. The van der Waals surface area contributed by atoms with E-state index in [0.29, 0.717) is 0 Å². The van der Waals surface area contributed by atoms with Crippen molar-refractivity contribution in [3.05, 3.63) is 35.9 Å². The van der Waals surface area contributed by atoms with Crippen LogP contribution in [-0.4, -0.2) is 29.6 Å². The highest BCUT2D eigenvalue weighted by molar-refractivity contribution is 5.99. The number of carbonyl (C=O) groups is 2. The molecule has 19 heavy (non-hydrogen) atoms. The predicted molar refractivity (Wildman–Crippen MR) is 74.7 cm³/mol. The minimum Gasteiger partial charge on any atom is -0.300 e. The number of piperidine rings is 1. The largest absolute Gasteiger partial charge is 0.300 e. The van der Waals surface area contributed by atoms with Crippen LogP contribution in [0.5, 0.6) is 0 Å². The fraction of sp³-hybridized carbons (Fsp3) is 0.500. The molecule has 2 rings (SSSR count). The Hall–Kier alpha value is -1.48. The van der Waals surface area contributed by atoms with Crippen molar-refractivity contribution in [3.63, 3.8) is 0 Å². The molecular weight excluding hydrogens is 238 g/mol. The van der Waals surface area contributed by atoms with Gasteiger partial charge in [-0.2, -0.15) is 0 Å². The first-order valence-electron chi connectivity index (χ1n) is 6.93. The van der Waals surface area contributed by atoms with Crippen LogP contribution in [0.1, 0.15) is 31.7 Å². The van der Waals surface area contributed by atoms with Gasteiger partial charge in [-0.1, -0.05) is 30.3 Å². The first-order valence-corrected chi connectivity index (χ1v) is 6.93. The smallest absolute Gasteiger partial charge is 0.143 e. The fourth-order valence-electron chi connectivity index (χ4n) is 2.64. The van der Waals surface area contributed by atoms with Gasteiger partial charge >= 0.3 is 0 Å². The first kappa shape index (κ1) is 13.9. The Morgan fingerprint density at radius 2 is 1.79 bits per heavy atom. The Balaban J connectivity index is 1.79. The Labute approximate surface area is 114 Å². The monoisotopic (exact) mass is 259 g/mol. The summed E-state index contributed by atoms with van der Waals surface area (Å²) in [6, 6.07) is 10.4. The van der Waals surface area contributed by atoms with Gasteiger partial charge in [0.15, 0.2) is 0 Å². The normalized spacial score (nSPS) is 17.3. The van der Waals surface area contributed by atoms with Crippen molar-refractivity contribution in [1.82, 2.24) is 4.90 Å². The van der Waals surface area contributed by atoms with Crippen molar-refractivity contribution in [3.8, 4) is 0 Å². The molecule has 0 radical (unpaired) electrons. The number of ketones is 2. The van der Waals surface area contributed by atoms with E-state index in [-0.39, 0.29) is 23.9 Å². The van der Waals surface area contributed by atoms with E-state index >= 15 is 0 Å². The van der Waals surface area contributed by atoms with E-state index in [1.54, 1.807) is 0 Å². The van der Waals surface area contributed by atoms with Gasteiger partial charge in [0, 0.05) is 12.5 Å². The van der Waals surface area contributed by atoms with Crippen molar-refractivity contribution in [1.29, 1.82) is 0 Å². The average Bonchev–Trinajstić information content (AvgIpc) is 2.40. The number of nitrogens with zero attached hydrogens (tertiary/aromatic N) is 1. The fourth-order valence-corrected chi connectivity index (χ4v) is 2.64. The zero-order chi connectivity index (χ0) is 13.7. The number of likely N-dealkylation sites (tertiary alicyclic amines) is 1. The Bertz CT molecular complexity index is 433.